The fourth-order valence-electron chi connectivity index (χ4n) is 2.04. The second kappa shape index (κ2) is 4.70. The van der Waals surface area contributed by atoms with Crippen LogP contribution in [0.2, 0.25) is 0 Å². The minimum atomic E-state index is 0.582. The Hall–Kier alpha value is -0.290. The van der Waals surface area contributed by atoms with Gasteiger partial charge in [0.2, 0.25) is 0 Å². The number of rotatable bonds is 1. The molecule has 1 fully saturated rings. The summed E-state index contributed by atoms with van der Waals surface area (Å²) in [7, 11) is 0. The third kappa shape index (κ3) is 2.64. The number of nitrogens with zero attached hydrogens (tertiary/aromatic N) is 1. The molecule has 1 aromatic rings. The summed E-state index contributed by atoms with van der Waals surface area (Å²) in [5.74, 6) is 0. The van der Waals surface area contributed by atoms with E-state index in [4.69, 9.17) is 0 Å². The SMILES string of the molecule is CC1CN(c2cccc(I)c2)C(C)CN1. The number of hydrogen-bond donors (Lipinski definition) is 1. The van der Waals surface area contributed by atoms with Gasteiger partial charge in [-0.05, 0) is 54.6 Å². The van der Waals surface area contributed by atoms with Crippen LogP contribution in [0.25, 0.3) is 0 Å². The average Bonchev–Trinajstić information content (AvgIpc) is 2.22. The van der Waals surface area contributed by atoms with Gasteiger partial charge in [-0.1, -0.05) is 6.07 Å². The molecule has 15 heavy (non-hydrogen) atoms. The van der Waals surface area contributed by atoms with E-state index >= 15 is 0 Å². The minimum absolute atomic E-state index is 0.582. The molecule has 0 aromatic heterocycles. The van der Waals surface area contributed by atoms with Gasteiger partial charge in [-0.25, -0.2) is 0 Å². The molecule has 2 rings (SSSR count). The first-order valence-electron chi connectivity index (χ1n) is 5.42. The molecule has 1 aromatic carbocycles. The van der Waals surface area contributed by atoms with Gasteiger partial charge in [-0.15, -0.1) is 0 Å². The van der Waals surface area contributed by atoms with Crippen molar-refractivity contribution in [1.82, 2.24) is 5.32 Å². The normalized spacial score (nSPS) is 26.7. The van der Waals surface area contributed by atoms with Gasteiger partial charge in [0.25, 0.3) is 0 Å². The highest BCUT2D eigenvalue weighted by molar-refractivity contribution is 14.1. The van der Waals surface area contributed by atoms with Crippen LogP contribution in [0.4, 0.5) is 5.69 Å². The highest BCUT2D eigenvalue weighted by atomic mass is 127. The van der Waals surface area contributed by atoms with Crippen molar-refractivity contribution in [3.8, 4) is 0 Å². The second-order valence-electron chi connectivity index (χ2n) is 4.29. The molecular weight excluding hydrogens is 299 g/mol. The van der Waals surface area contributed by atoms with Gasteiger partial charge < -0.3 is 10.2 Å². The monoisotopic (exact) mass is 316 g/mol. The summed E-state index contributed by atoms with van der Waals surface area (Å²) in [6.45, 7) is 6.69. The molecule has 0 amide bonds. The Morgan fingerprint density at radius 3 is 2.93 bits per heavy atom. The third-order valence-corrected chi connectivity index (χ3v) is 3.58. The molecule has 1 N–H and O–H groups in total. The van der Waals surface area contributed by atoms with Crippen LogP contribution in [0.3, 0.4) is 0 Å². The van der Waals surface area contributed by atoms with Crippen LogP contribution in [-0.2, 0) is 0 Å². The Labute approximate surface area is 105 Å². The summed E-state index contributed by atoms with van der Waals surface area (Å²) in [4.78, 5) is 2.49. The quantitative estimate of drug-likeness (QED) is 0.801. The summed E-state index contributed by atoms with van der Waals surface area (Å²) in [6.07, 6.45) is 0. The fourth-order valence-corrected chi connectivity index (χ4v) is 2.56. The van der Waals surface area contributed by atoms with Crippen molar-refractivity contribution in [3.05, 3.63) is 27.8 Å². The Kier molecular flexibility index (Phi) is 3.51. The standard InChI is InChI=1S/C12H17IN2/c1-9-8-15(10(2)7-14-9)12-5-3-4-11(13)6-12/h3-6,9-10,14H,7-8H2,1-2H3. The Bertz CT molecular complexity index is 340. The van der Waals surface area contributed by atoms with Crippen molar-refractivity contribution in [2.75, 3.05) is 18.0 Å². The first-order valence-corrected chi connectivity index (χ1v) is 6.50. The van der Waals surface area contributed by atoms with Gasteiger partial charge in [-0.2, -0.15) is 0 Å². The number of halogens is 1. The Morgan fingerprint density at radius 2 is 2.20 bits per heavy atom. The molecule has 1 aliphatic rings. The van der Waals surface area contributed by atoms with Gasteiger partial charge in [0.15, 0.2) is 0 Å². The van der Waals surface area contributed by atoms with E-state index in [1.165, 1.54) is 9.26 Å². The largest absolute Gasteiger partial charge is 0.366 e. The van der Waals surface area contributed by atoms with E-state index in [-0.39, 0.29) is 0 Å². The lowest BCUT2D eigenvalue weighted by atomic mass is 10.1. The minimum Gasteiger partial charge on any atom is -0.366 e. The van der Waals surface area contributed by atoms with Crippen molar-refractivity contribution in [2.45, 2.75) is 25.9 Å². The molecule has 1 heterocycles. The van der Waals surface area contributed by atoms with Crippen LogP contribution in [0.1, 0.15) is 13.8 Å². The maximum atomic E-state index is 3.50. The number of piperazine rings is 1. The van der Waals surface area contributed by atoms with Crippen LogP contribution in [-0.4, -0.2) is 25.2 Å². The summed E-state index contributed by atoms with van der Waals surface area (Å²) in [6, 6.07) is 9.90. The molecule has 0 aliphatic carbocycles. The Balaban J connectivity index is 2.21. The molecular formula is C12H17IN2. The predicted molar refractivity (Wildman–Crippen MR) is 73.4 cm³/mol. The van der Waals surface area contributed by atoms with Gasteiger partial charge in [0.1, 0.15) is 0 Å². The van der Waals surface area contributed by atoms with Gasteiger partial charge in [0, 0.05) is 34.4 Å². The molecule has 82 valence electrons. The van der Waals surface area contributed by atoms with Crippen molar-refractivity contribution in [2.24, 2.45) is 0 Å². The van der Waals surface area contributed by atoms with Crippen molar-refractivity contribution < 1.29 is 0 Å². The number of anilines is 1. The maximum Gasteiger partial charge on any atom is 0.0387 e. The zero-order valence-electron chi connectivity index (χ0n) is 9.20. The third-order valence-electron chi connectivity index (χ3n) is 2.90. The van der Waals surface area contributed by atoms with Crippen LogP contribution in [0, 0.1) is 3.57 Å². The zero-order chi connectivity index (χ0) is 10.8. The van der Waals surface area contributed by atoms with Gasteiger partial charge in [0.05, 0.1) is 0 Å². The van der Waals surface area contributed by atoms with E-state index in [0.717, 1.165) is 13.1 Å². The summed E-state index contributed by atoms with van der Waals surface area (Å²) in [5.41, 5.74) is 1.35. The predicted octanol–water partition coefficient (Wildman–Crippen LogP) is 2.48. The van der Waals surface area contributed by atoms with Crippen molar-refractivity contribution in [3.63, 3.8) is 0 Å². The molecule has 2 unspecified atom stereocenters. The molecule has 0 saturated carbocycles. The molecule has 1 aliphatic heterocycles. The molecule has 0 spiro atoms. The van der Waals surface area contributed by atoms with E-state index in [9.17, 15) is 0 Å². The molecule has 1 saturated heterocycles. The number of hydrogen-bond acceptors (Lipinski definition) is 2. The highest BCUT2D eigenvalue weighted by Crippen LogP contribution is 2.21. The molecule has 3 heteroatoms. The van der Waals surface area contributed by atoms with E-state index in [1.807, 2.05) is 0 Å². The fraction of sp³-hybridized carbons (Fsp3) is 0.500. The molecule has 2 nitrogen and oxygen atoms in total. The zero-order valence-corrected chi connectivity index (χ0v) is 11.4. The van der Waals surface area contributed by atoms with Crippen molar-refractivity contribution >= 4 is 28.3 Å². The lowest BCUT2D eigenvalue weighted by Crippen LogP contribution is -2.54. The van der Waals surface area contributed by atoms with E-state index < -0.39 is 0 Å². The van der Waals surface area contributed by atoms with E-state index in [0.29, 0.717) is 12.1 Å². The molecule has 2 atom stereocenters. The van der Waals surface area contributed by atoms with E-state index in [1.54, 1.807) is 0 Å². The lowest BCUT2D eigenvalue weighted by molar-refractivity contribution is 0.425. The number of nitrogens with one attached hydrogen (secondary N) is 1. The summed E-state index contributed by atoms with van der Waals surface area (Å²) in [5, 5.41) is 3.50. The highest BCUT2D eigenvalue weighted by Gasteiger charge is 2.22. The second-order valence-corrected chi connectivity index (χ2v) is 5.54. The van der Waals surface area contributed by atoms with Crippen LogP contribution >= 0.6 is 22.6 Å². The van der Waals surface area contributed by atoms with E-state index in [2.05, 4.69) is 70.9 Å². The summed E-state index contributed by atoms with van der Waals surface area (Å²) < 4.78 is 1.31. The van der Waals surface area contributed by atoms with Gasteiger partial charge >= 0.3 is 0 Å². The first kappa shape index (κ1) is 11.2. The topological polar surface area (TPSA) is 15.3 Å². The molecule has 0 bridgehead atoms. The summed E-state index contributed by atoms with van der Waals surface area (Å²) >= 11 is 2.37. The average molecular weight is 316 g/mol. The maximum absolute atomic E-state index is 3.50. The Morgan fingerprint density at radius 1 is 1.40 bits per heavy atom. The van der Waals surface area contributed by atoms with Gasteiger partial charge in [-0.3, -0.25) is 0 Å². The first-order chi connectivity index (χ1) is 7.16. The lowest BCUT2D eigenvalue weighted by Gasteiger charge is -2.39. The van der Waals surface area contributed by atoms with Crippen LogP contribution < -0.4 is 10.2 Å². The van der Waals surface area contributed by atoms with Crippen LogP contribution in [0.5, 0.6) is 0 Å². The molecule has 0 radical (unpaired) electrons. The van der Waals surface area contributed by atoms with Crippen molar-refractivity contribution in [1.29, 1.82) is 0 Å². The smallest absolute Gasteiger partial charge is 0.0387 e. The van der Waals surface area contributed by atoms with Crippen LogP contribution in [0.15, 0.2) is 24.3 Å². The number of benzene rings is 1.